The van der Waals surface area contributed by atoms with Gasteiger partial charge in [0.1, 0.15) is 0 Å². The minimum absolute atomic E-state index is 0.176. The Hall–Kier alpha value is -0.710. The van der Waals surface area contributed by atoms with Crippen molar-refractivity contribution in [1.82, 2.24) is 4.90 Å². The summed E-state index contributed by atoms with van der Waals surface area (Å²) in [4.78, 5) is 14.3. The van der Waals surface area contributed by atoms with Crippen LogP contribution >= 0.6 is 15.9 Å². The molecule has 1 aromatic rings. The predicted octanol–water partition coefficient (Wildman–Crippen LogP) is 1.91. The Morgan fingerprint density at radius 2 is 2.24 bits per heavy atom. The van der Waals surface area contributed by atoms with Gasteiger partial charge in [0.2, 0.25) is 0 Å². The molecule has 0 amide bonds. The Balaban J connectivity index is 1.96. The molecule has 1 aliphatic rings. The maximum atomic E-state index is 12.1. The first-order valence-corrected chi connectivity index (χ1v) is 6.70. The Kier molecular flexibility index (Phi) is 4.31. The third kappa shape index (κ3) is 3.15. The monoisotopic (exact) mass is 296 g/mol. The quantitative estimate of drug-likeness (QED) is 0.864. The molecule has 4 heteroatoms. The number of Topliss-reactive ketones (excluding diaryl/α,β-unsaturated/α-hetero) is 1. The average Bonchev–Trinajstić information content (AvgIpc) is 2.77. The lowest BCUT2D eigenvalue weighted by Gasteiger charge is -2.15. The summed E-state index contributed by atoms with van der Waals surface area (Å²) >= 11 is 3.41. The van der Waals surface area contributed by atoms with Crippen molar-refractivity contribution in [2.45, 2.75) is 6.42 Å². The molecule has 1 heterocycles. The van der Waals surface area contributed by atoms with Crippen LogP contribution in [0.25, 0.3) is 0 Å². The first kappa shape index (κ1) is 12.7. The lowest BCUT2D eigenvalue weighted by molar-refractivity contribution is 0.0942. The van der Waals surface area contributed by atoms with Gasteiger partial charge in [-0.25, -0.2) is 0 Å². The summed E-state index contributed by atoms with van der Waals surface area (Å²) < 4.78 is 0.875. The third-order valence-corrected chi connectivity index (χ3v) is 3.94. The van der Waals surface area contributed by atoms with E-state index in [1.54, 1.807) is 0 Å². The molecule has 17 heavy (non-hydrogen) atoms. The first-order valence-electron chi connectivity index (χ1n) is 5.91. The zero-order valence-electron chi connectivity index (χ0n) is 9.73. The number of ketones is 1. The Morgan fingerprint density at radius 3 is 2.88 bits per heavy atom. The van der Waals surface area contributed by atoms with Gasteiger partial charge in [0, 0.05) is 16.6 Å². The van der Waals surface area contributed by atoms with E-state index in [4.69, 9.17) is 5.73 Å². The van der Waals surface area contributed by atoms with Gasteiger partial charge in [-0.15, -0.1) is 0 Å². The highest BCUT2D eigenvalue weighted by Gasteiger charge is 2.23. The number of nitrogens with two attached hydrogens (primary N) is 1. The molecule has 1 atom stereocenters. The third-order valence-electron chi connectivity index (χ3n) is 3.24. The lowest BCUT2D eigenvalue weighted by atomic mass is 10.1. The van der Waals surface area contributed by atoms with E-state index in [0.717, 1.165) is 36.1 Å². The van der Waals surface area contributed by atoms with Crippen LogP contribution in [0, 0.1) is 5.92 Å². The van der Waals surface area contributed by atoms with Crippen LogP contribution in [-0.2, 0) is 0 Å². The van der Waals surface area contributed by atoms with Crippen molar-refractivity contribution in [3.8, 4) is 0 Å². The van der Waals surface area contributed by atoms with E-state index in [1.807, 2.05) is 24.3 Å². The van der Waals surface area contributed by atoms with Crippen molar-refractivity contribution in [3.05, 3.63) is 34.3 Å². The Labute approximate surface area is 110 Å². The number of halogens is 1. The van der Waals surface area contributed by atoms with Crippen LogP contribution in [0.15, 0.2) is 28.7 Å². The molecule has 2 rings (SSSR count). The van der Waals surface area contributed by atoms with Crippen molar-refractivity contribution in [2.24, 2.45) is 11.7 Å². The number of likely N-dealkylation sites (tertiary alicyclic amines) is 1. The Bertz CT molecular complexity index is 408. The van der Waals surface area contributed by atoms with Gasteiger partial charge in [-0.1, -0.05) is 34.1 Å². The van der Waals surface area contributed by atoms with Gasteiger partial charge in [0.15, 0.2) is 5.78 Å². The number of rotatable bonds is 4. The SMILES string of the molecule is NCC1CCN(CC(=O)c2ccccc2Br)C1. The molecule has 0 spiro atoms. The molecule has 1 aliphatic heterocycles. The van der Waals surface area contributed by atoms with Crippen LogP contribution in [0.4, 0.5) is 0 Å². The summed E-state index contributed by atoms with van der Waals surface area (Å²) in [6.07, 6.45) is 1.11. The maximum Gasteiger partial charge on any atom is 0.177 e. The van der Waals surface area contributed by atoms with Gasteiger partial charge in [-0.2, -0.15) is 0 Å². The van der Waals surface area contributed by atoms with Crippen LogP contribution < -0.4 is 5.73 Å². The van der Waals surface area contributed by atoms with E-state index in [2.05, 4.69) is 20.8 Å². The summed E-state index contributed by atoms with van der Waals surface area (Å²) in [5.41, 5.74) is 6.41. The standard InChI is InChI=1S/C13H17BrN2O/c14-12-4-2-1-3-11(12)13(17)9-16-6-5-10(7-15)8-16/h1-4,10H,5-9,15H2. The van der Waals surface area contributed by atoms with Gasteiger partial charge in [0.25, 0.3) is 0 Å². The van der Waals surface area contributed by atoms with Gasteiger partial charge in [-0.3, -0.25) is 9.69 Å². The number of carbonyl (C=O) groups is 1. The smallest absolute Gasteiger partial charge is 0.177 e. The second-order valence-electron chi connectivity index (χ2n) is 4.53. The molecular formula is C13H17BrN2O. The van der Waals surface area contributed by atoms with Gasteiger partial charge in [0.05, 0.1) is 6.54 Å². The zero-order valence-corrected chi connectivity index (χ0v) is 11.3. The Morgan fingerprint density at radius 1 is 1.47 bits per heavy atom. The molecule has 1 saturated heterocycles. The van der Waals surface area contributed by atoms with E-state index in [0.29, 0.717) is 12.5 Å². The molecule has 92 valence electrons. The van der Waals surface area contributed by atoms with Gasteiger partial charge in [-0.05, 0) is 31.5 Å². The molecule has 3 nitrogen and oxygen atoms in total. The highest BCUT2D eigenvalue weighted by atomic mass is 79.9. The second kappa shape index (κ2) is 5.76. The molecule has 1 fully saturated rings. The molecule has 1 aromatic carbocycles. The highest BCUT2D eigenvalue weighted by molar-refractivity contribution is 9.10. The largest absolute Gasteiger partial charge is 0.330 e. The van der Waals surface area contributed by atoms with E-state index in [-0.39, 0.29) is 5.78 Å². The van der Waals surface area contributed by atoms with Crippen molar-refractivity contribution in [2.75, 3.05) is 26.2 Å². The predicted molar refractivity (Wildman–Crippen MR) is 72.1 cm³/mol. The molecular weight excluding hydrogens is 280 g/mol. The fourth-order valence-electron chi connectivity index (χ4n) is 2.22. The minimum Gasteiger partial charge on any atom is -0.330 e. The van der Waals surface area contributed by atoms with Gasteiger partial charge >= 0.3 is 0 Å². The molecule has 0 bridgehead atoms. The molecule has 0 saturated carbocycles. The topological polar surface area (TPSA) is 46.3 Å². The van der Waals surface area contributed by atoms with Gasteiger partial charge < -0.3 is 5.73 Å². The van der Waals surface area contributed by atoms with Crippen LogP contribution in [-0.4, -0.2) is 36.9 Å². The minimum atomic E-state index is 0.176. The highest BCUT2D eigenvalue weighted by Crippen LogP contribution is 2.19. The first-order chi connectivity index (χ1) is 8.20. The maximum absolute atomic E-state index is 12.1. The van der Waals surface area contributed by atoms with Crippen LogP contribution in [0.1, 0.15) is 16.8 Å². The van der Waals surface area contributed by atoms with Crippen molar-refractivity contribution in [1.29, 1.82) is 0 Å². The normalized spacial score (nSPS) is 20.7. The summed E-state index contributed by atoms with van der Waals surface area (Å²) in [6.45, 7) is 3.16. The van der Waals surface area contributed by atoms with Crippen LogP contribution in [0.5, 0.6) is 0 Å². The van der Waals surface area contributed by atoms with Crippen molar-refractivity contribution >= 4 is 21.7 Å². The van der Waals surface area contributed by atoms with E-state index >= 15 is 0 Å². The van der Waals surface area contributed by atoms with Crippen molar-refractivity contribution < 1.29 is 4.79 Å². The fourth-order valence-corrected chi connectivity index (χ4v) is 2.73. The van der Waals surface area contributed by atoms with E-state index in [1.165, 1.54) is 0 Å². The zero-order chi connectivity index (χ0) is 12.3. The second-order valence-corrected chi connectivity index (χ2v) is 5.38. The lowest BCUT2D eigenvalue weighted by Crippen LogP contribution is -2.29. The molecule has 0 aliphatic carbocycles. The molecule has 0 aromatic heterocycles. The summed E-state index contributed by atoms with van der Waals surface area (Å²) in [5, 5.41) is 0. The number of benzene rings is 1. The molecule has 0 radical (unpaired) electrons. The fraction of sp³-hybridized carbons (Fsp3) is 0.462. The number of hydrogen-bond donors (Lipinski definition) is 1. The summed E-state index contributed by atoms with van der Waals surface area (Å²) in [5.74, 6) is 0.733. The summed E-state index contributed by atoms with van der Waals surface area (Å²) in [6, 6.07) is 7.58. The molecule has 1 unspecified atom stereocenters. The number of carbonyl (C=O) groups excluding carboxylic acids is 1. The average molecular weight is 297 g/mol. The molecule has 2 N–H and O–H groups in total. The number of hydrogen-bond acceptors (Lipinski definition) is 3. The van der Waals surface area contributed by atoms with E-state index < -0.39 is 0 Å². The summed E-state index contributed by atoms with van der Waals surface area (Å²) in [7, 11) is 0. The van der Waals surface area contributed by atoms with Crippen molar-refractivity contribution in [3.63, 3.8) is 0 Å². The van der Waals surface area contributed by atoms with Crippen LogP contribution in [0.3, 0.4) is 0 Å². The van der Waals surface area contributed by atoms with E-state index in [9.17, 15) is 4.79 Å². The number of nitrogens with zero attached hydrogens (tertiary/aromatic N) is 1. The van der Waals surface area contributed by atoms with Crippen LogP contribution in [0.2, 0.25) is 0 Å².